The Labute approximate surface area is 219 Å². The van der Waals surface area contributed by atoms with E-state index < -0.39 is 70.3 Å². The van der Waals surface area contributed by atoms with Crippen molar-refractivity contribution in [3.8, 4) is 34.5 Å². The molecular weight excluding hydrogens is 516 g/mol. The third kappa shape index (κ3) is 4.41. The highest BCUT2D eigenvalue weighted by molar-refractivity contribution is 5.98. The summed E-state index contributed by atoms with van der Waals surface area (Å²) in [7, 11) is 0. The Morgan fingerprint density at radius 2 is 1.62 bits per heavy atom. The van der Waals surface area contributed by atoms with Crippen LogP contribution in [-0.4, -0.2) is 64.8 Å². The SMILES string of the molecule is O=C(O[C@@H]1Cc2c(O)cc(O)cc2O[C@@H]1C1=CC2C=CC(O)=C(O)C2C(=O)C(O)=C1)c1cc(O)c(O)c(O)c1. The molecular formula is C27H22O12. The first-order valence-electron chi connectivity index (χ1n) is 11.6. The Morgan fingerprint density at radius 3 is 2.31 bits per heavy atom. The number of phenolic OH excluding ortho intramolecular Hbond substituents is 5. The van der Waals surface area contributed by atoms with Gasteiger partial charge in [0.25, 0.3) is 0 Å². The van der Waals surface area contributed by atoms with Crippen LogP contribution in [0.4, 0.5) is 0 Å². The van der Waals surface area contributed by atoms with E-state index >= 15 is 0 Å². The van der Waals surface area contributed by atoms with Gasteiger partial charge in [-0.05, 0) is 29.9 Å². The van der Waals surface area contributed by atoms with Crippen molar-refractivity contribution in [2.24, 2.45) is 11.8 Å². The Kier molecular flexibility index (Phi) is 6.02. The summed E-state index contributed by atoms with van der Waals surface area (Å²) in [6, 6.07) is 4.02. The summed E-state index contributed by atoms with van der Waals surface area (Å²) < 4.78 is 11.6. The molecule has 2 aliphatic carbocycles. The van der Waals surface area contributed by atoms with Gasteiger partial charge in [-0.3, -0.25) is 4.79 Å². The maximum atomic E-state index is 13.0. The zero-order chi connectivity index (χ0) is 28.2. The van der Waals surface area contributed by atoms with Gasteiger partial charge in [0.1, 0.15) is 29.1 Å². The number of hydrogen-bond acceptors (Lipinski definition) is 12. The minimum atomic E-state index is -1.32. The number of hydrogen-bond donors (Lipinski definition) is 8. The Balaban J connectivity index is 1.57. The maximum Gasteiger partial charge on any atom is 0.338 e. The molecule has 0 amide bonds. The van der Waals surface area contributed by atoms with Crippen molar-refractivity contribution in [1.29, 1.82) is 0 Å². The van der Waals surface area contributed by atoms with Crippen molar-refractivity contribution in [3.63, 3.8) is 0 Å². The molecule has 0 saturated carbocycles. The molecule has 0 fully saturated rings. The third-order valence-corrected chi connectivity index (χ3v) is 6.70. The minimum Gasteiger partial charge on any atom is -0.508 e. The number of fused-ring (bicyclic) bond motifs is 2. The van der Waals surface area contributed by atoms with Crippen LogP contribution in [0, 0.1) is 11.8 Å². The molecule has 5 rings (SSSR count). The number of Topliss-reactive ketones (excluding diaryl/α,β-unsaturated/α-hetero) is 1. The van der Waals surface area contributed by atoms with Crippen LogP contribution in [0.3, 0.4) is 0 Å². The number of benzene rings is 2. The number of aliphatic hydroxyl groups is 3. The molecule has 0 radical (unpaired) electrons. The van der Waals surface area contributed by atoms with Gasteiger partial charge in [0.05, 0.1) is 11.5 Å². The summed E-state index contributed by atoms with van der Waals surface area (Å²) in [5, 5.41) is 80.2. The number of aliphatic hydroxyl groups excluding tert-OH is 3. The monoisotopic (exact) mass is 538 g/mol. The van der Waals surface area contributed by atoms with E-state index in [9.17, 15) is 50.4 Å². The van der Waals surface area contributed by atoms with Crippen molar-refractivity contribution < 1.29 is 59.9 Å². The lowest BCUT2D eigenvalue weighted by Gasteiger charge is -2.34. The number of allylic oxidation sites excluding steroid dienone is 5. The fourth-order valence-electron chi connectivity index (χ4n) is 4.79. The van der Waals surface area contributed by atoms with E-state index in [1.807, 2.05) is 0 Å². The summed E-state index contributed by atoms with van der Waals surface area (Å²) in [5.41, 5.74) is -0.0148. The molecule has 1 aliphatic heterocycles. The summed E-state index contributed by atoms with van der Waals surface area (Å²) in [5.74, 6) is -9.06. The molecule has 1 heterocycles. The lowest BCUT2D eigenvalue weighted by Crippen LogP contribution is -2.42. The third-order valence-electron chi connectivity index (χ3n) is 6.70. The van der Waals surface area contributed by atoms with Crippen molar-refractivity contribution in [2.45, 2.75) is 18.6 Å². The Hall–Kier alpha value is -5.26. The number of aromatic hydroxyl groups is 5. The molecule has 4 atom stereocenters. The van der Waals surface area contributed by atoms with Crippen LogP contribution in [0.1, 0.15) is 15.9 Å². The van der Waals surface area contributed by atoms with Crippen LogP contribution in [0.5, 0.6) is 34.5 Å². The van der Waals surface area contributed by atoms with Crippen molar-refractivity contribution in [3.05, 3.63) is 82.5 Å². The topological polar surface area (TPSA) is 214 Å². The summed E-state index contributed by atoms with van der Waals surface area (Å²) in [6.45, 7) is 0. The number of esters is 1. The van der Waals surface area contributed by atoms with Gasteiger partial charge >= 0.3 is 5.97 Å². The smallest absolute Gasteiger partial charge is 0.338 e. The number of phenols is 5. The first-order valence-corrected chi connectivity index (χ1v) is 11.6. The quantitative estimate of drug-likeness (QED) is 0.209. The summed E-state index contributed by atoms with van der Waals surface area (Å²) >= 11 is 0. The maximum absolute atomic E-state index is 13.0. The van der Waals surface area contributed by atoms with Crippen molar-refractivity contribution >= 4 is 11.8 Å². The van der Waals surface area contributed by atoms with Crippen LogP contribution in [0.2, 0.25) is 0 Å². The second-order valence-corrected chi connectivity index (χ2v) is 9.24. The van der Waals surface area contributed by atoms with E-state index in [0.717, 1.165) is 24.3 Å². The highest BCUT2D eigenvalue weighted by atomic mass is 16.6. The van der Waals surface area contributed by atoms with Crippen LogP contribution < -0.4 is 4.74 Å². The fourth-order valence-corrected chi connectivity index (χ4v) is 4.79. The largest absolute Gasteiger partial charge is 0.508 e. The van der Waals surface area contributed by atoms with Gasteiger partial charge in [0.15, 0.2) is 34.9 Å². The second-order valence-electron chi connectivity index (χ2n) is 9.24. The standard InChI is InChI=1S/C27H22O12/c28-13-7-16(30)14-9-21(39-27(37)12-5-17(31)23(34)18(32)6-12)26(38-20(14)8-13)11-3-10-1-2-15(29)24(35)22(10)25(36)19(33)4-11/h1-8,10,21-22,26,28-35H,9H2/t10?,21-,22?,26-/m1/s1. The molecule has 202 valence electrons. The van der Waals surface area contributed by atoms with Gasteiger partial charge in [-0.1, -0.05) is 12.2 Å². The highest BCUT2D eigenvalue weighted by Gasteiger charge is 2.42. The van der Waals surface area contributed by atoms with Gasteiger partial charge in [0, 0.05) is 30.0 Å². The van der Waals surface area contributed by atoms with E-state index in [1.54, 1.807) is 0 Å². The molecule has 0 saturated heterocycles. The van der Waals surface area contributed by atoms with Gasteiger partial charge in [-0.15, -0.1) is 0 Å². The number of rotatable bonds is 3. The number of ketones is 1. The zero-order valence-electron chi connectivity index (χ0n) is 19.8. The van der Waals surface area contributed by atoms with Crippen LogP contribution in [-0.2, 0) is 16.0 Å². The molecule has 2 unspecified atom stereocenters. The van der Waals surface area contributed by atoms with E-state index in [2.05, 4.69) is 0 Å². The Bertz CT molecular complexity index is 1510. The molecule has 39 heavy (non-hydrogen) atoms. The van der Waals surface area contributed by atoms with Gasteiger partial charge in [-0.2, -0.15) is 0 Å². The molecule has 8 N–H and O–H groups in total. The van der Waals surface area contributed by atoms with E-state index in [1.165, 1.54) is 24.3 Å². The molecule has 2 aromatic rings. The molecule has 0 aromatic heterocycles. The Morgan fingerprint density at radius 1 is 0.923 bits per heavy atom. The summed E-state index contributed by atoms with van der Waals surface area (Å²) in [4.78, 5) is 25.8. The normalized spacial score (nSPS) is 24.1. The van der Waals surface area contributed by atoms with Crippen LogP contribution >= 0.6 is 0 Å². The average molecular weight is 538 g/mol. The van der Waals surface area contributed by atoms with Gasteiger partial charge in [-0.25, -0.2) is 4.79 Å². The number of carbonyl (C=O) groups excluding carboxylic acids is 2. The second kappa shape index (κ2) is 9.24. The van der Waals surface area contributed by atoms with E-state index in [-0.39, 0.29) is 40.4 Å². The zero-order valence-corrected chi connectivity index (χ0v) is 19.8. The lowest BCUT2D eigenvalue weighted by atomic mass is 9.82. The summed E-state index contributed by atoms with van der Waals surface area (Å²) in [6.07, 6.45) is 2.54. The lowest BCUT2D eigenvalue weighted by molar-refractivity contribution is -0.122. The first-order chi connectivity index (χ1) is 18.4. The van der Waals surface area contributed by atoms with Gasteiger partial charge < -0.3 is 50.3 Å². The fraction of sp³-hybridized carbons (Fsp3) is 0.185. The van der Waals surface area contributed by atoms with Crippen LogP contribution in [0.15, 0.2) is 71.4 Å². The molecule has 12 nitrogen and oxygen atoms in total. The molecule has 2 aromatic carbocycles. The van der Waals surface area contributed by atoms with E-state index in [0.29, 0.717) is 0 Å². The predicted octanol–water partition coefficient (Wildman–Crippen LogP) is 2.82. The molecule has 12 heteroatoms. The minimum absolute atomic E-state index is 0.0326. The van der Waals surface area contributed by atoms with Gasteiger partial charge in [0.2, 0.25) is 5.78 Å². The molecule has 0 bridgehead atoms. The average Bonchev–Trinajstić information content (AvgIpc) is 3.00. The molecule has 0 spiro atoms. The number of carbonyl (C=O) groups is 2. The predicted molar refractivity (Wildman–Crippen MR) is 131 cm³/mol. The van der Waals surface area contributed by atoms with Crippen LogP contribution in [0.25, 0.3) is 0 Å². The number of ether oxygens (including phenoxy) is 2. The first kappa shape index (κ1) is 25.4. The van der Waals surface area contributed by atoms with Crippen molar-refractivity contribution in [1.82, 2.24) is 0 Å². The van der Waals surface area contributed by atoms with Crippen molar-refractivity contribution in [2.75, 3.05) is 0 Å². The van der Waals surface area contributed by atoms with E-state index in [4.69, 9.17) is 9.47 Å². The molecule has 3 aliphatic rings. The highest BCUT2D eigenvalue weighted by Crippen LogP contribution is 2.43.